The maximum atomic E-state index is 11.0. The van der Waals surface area contributed by atoms with Gasteiger partial charge in [-0.2, -0.15) is 0 Å². The van der Waals surface area contributed by atoms with E-state index in [1.54, 1.807) is 6.92 Å². The molecule has 0 spiro atoms. The lowest BCUT2D eigenvalue weighted by Crippen LogP contribution is -2.06. The first-order chi connectivity index (χ1) is 8.27. The van der Waals surface area contributed by atoms with E-state index in [1.165, 1.54) is 0 Å². The summed E-state index contributed by atoms with van der Waals surface area (Å²) in [6.45, 7) is 2.16. The zero-order valence-corrected chi connectivity index (χ0v) is 10.1. The second-order valence-electron chi connectivity index (χ2n) is 3.87. The van der Waals surface area contributed by atoms with Gasteiger partial charge in [0.15, 0.2) is 0 Å². The molecule has 0 aromatic heterocycles. The van der Waals surface area contributed by atoms with Crippen LogP contribution >= 0.6 is 0 Å². The Bertz CT molecular complexity index is 346. The lowest BCUT2D eigenvalue weighted by molar-refractivity contribution is -0.143. The van der Waals surface area contributed by atoms with Gasteiger partial charge in [-0.1, -0.05) is 37.3 Å². The van der Waals surface area contributed by atoms with Gasteiger partial charge in [-0.05, 0) is 18.4 Å². The molecule has 0 aliphatic carbocycles. The molecular weight excluding hydrogens is 216 g/mol. The Morgan fingerprint density at radius 3 is 2.65 bits per heavy atom. The highest BCUT2D eigenvalue weighted by atomic mass is 16.5. The van der Waals surface area contributed by atoms with Crippen molar-refractivity contribution in [3.63, 3.8) is 0 Å². The van der Waals surface area contributed by atoms with Crippen LogP contribution in [0.1, 0.15) is 37.7 Å². The summed E-state index contributed by atoms with van der Waals surface area (Å²) >= 11 is 0. The highest BCUT2D eigenvalue weighted by molar-refractivity contribution is 5.68. The number of hydrogen-bond donors (Lipinski definition) is 0. The number of ether oxygens (including phenoxy) is 1. The fraction of sp³-hybridized carbons (Fsp3) is 0.429. The van der Waals surface area contributed by atoms with E-state index in [4.69, 9.17) is 4.74 Å². The summed E-state index contributed by atoms with van der Waals surface area (Å²) in [5.74, 6) is -0.288. The van der Waals surface area contributed by atoms with Gasteiger partial charge in [0.2, 0.25) is 0 Å². The lowest BCUT2D eigenvalue weighted by atomic mass is 9.96. The first kappa shape index (κ1) is 13.4. The van der Waals surface area contributed by atoms with Crippen LogP contribution in [0.5, 0.6) is 0 Å². The Morgan fingerprint density at radius 1 is 1.35 bits per heavy atom. The van der Waals surface area contributed by atoms with Gasteiger partial charge in [0.05, 0.1) is 6.61 Å². The Labute approximate surface area is 102 Å². The van der Waals surface area contributed by atoms with Crippen molar-refractivity contribution in [1.29, 1.82) is 0 Å². The van der Waals surface area contributed by atoms with E-state index in [1.807, 2.05) is 30.3 Å². The van der Waals surface area contributed by atoms with Crippen molar-refractivity contribution in [2.75, 3.05) is 6.61 Å². The summed E-state index contributed by atoms with van der Waals surface area (Å²) < 4.78 is 4.97. The van der Waals surface area contributed by atoms with Crippen molar-refractivity contribution < 1.29 is 14.3 Å². The average molecular weight is 234 g/mol. The molecule has 92 valence electrons. The Morgan fingerprint density at radius 2 is 2.06 bits per heavy atom. The molecule has 0 aliphatic heterocycles. The predicted molar refractivity (Wildman–Crippen MR) is 65.7 cm³/mol. The van der Waals surface area contributed by atoms with E-state index < -0.39 is 0 Å². The smallest absolute Gasteiger partial charge is 0.305 e. The van der Waals surface area contributed by atoms with Gasteiger partial charge in [0.25, 0.3) is 0 Å². The standard InChI is InChI=1S/C14H18O3/c1-2-14(16)17-10-6-9-13(11-15)12-7-4-3-5-8-12/h3-5,7-8,11,13H,2,6,9-10H2,1H3. The van der Waals surface area contributed by atoms with Crippen molar-refractivity contribution in [2.24, 2.45) is 0 Å². The summed E-state index contributed by atoms with van der Waals surface area (Å²) in [5.41, 5.74) is 1.02. The maximum absolute atomic E-state index is 11.0. The Balaban J connectivity index is 2.34. The van der Waals surface area contributed by atoms with Crippen LogP contribution in [0.3, 0.4) is 0 Å². The molecule has 0 radical (unpaired) electrons. The molecule has 1 rings (SSSR count). The van der Waals surface area contributed by atoms with Gasteiger partial charge in [-0.25, -0.2) is 0 Å². The normalized spacial score (nSPS) is 11.8. The maximum Gasteiger partial charge on any atom is 0.305 e. The van der Waals surface area contributed by atoms with Gasteiger partial charge < -0.3 is 9.53 Å². The van der Waals surface area contributed by atoms with Gasteiger partial charge in [0.1, 0.15) is 6.29 Å². The van der Waals surface area contributed by atoms with Crippen LogP contribution in [-0.2, 0) is 14.3 Å². The van der Waals surface area contributed by atoms with Crippen LogP contribution in [0.25, 0.3) is 0 Å². The molecule has 0 fully saturated rings. The number of carbonyl (C=O) groups is 2. The fourth-order valence-electron chi connectivity index (χ4n) is 1.60. The monoisotopic (exact) mass is 234 g/mol. The molecule has 1 aromatic carbocycles. The van der Waals surface area contributed by atoms with Crippen molar-refractivity contribution >= 4 is 12.3 Å². The van der Waals surface area contributed by atoms with E-state index in [0.717, 1.165) is 11.8 Å². The van der Waals surface area contributed by atoms with E-state index in [-0.39, 0.29) is 11.9 Å². The number of rotatable bonds is 7. The number of esters is 1. The quantitative estimate of drug-likeness (QED) is 0.414. The molecule has 1 unspecified atom stereocenters. The molecule has 0 saturated carbocycles. The second kappa shape index (κ2) is 7.60. The molecule has 3 nitrogen and oxygen atoms in total. The third-order valence-corrected chi connectivity index (χ3v) is 2.60. The summed E-state index contributed by atoms with van der Waals surface area (Å²) in [4.78, 5) is 21.9. The summed E-state index contributed by atoms with van der Waals surface area (Å²) in [6.07, 6.45) is 2.78. The summed E-state index contributed by atoms with van der Waals surface area (Å²) in [6, 6.07) is 9.65. The highest BCUT2D eigenvalue weighted by Gasteiger charge is 2.09. The van der Waals surface area contributed by atoms with Gasteiger partial charge in [0, 0.05) is 12.3 Å². The zero-order chi connectivity index (χ0) is 12.5. The van der Waals surface area contributed by atoms with Crippen LogP contribution < -0.4 is 0 Å². The molecule has 1 atom stereocenters. The minimum atomic E-state index is -0.188. The molecule has 17 heavy (non-hydrogen) atoms. The topological polar surface area (TPSA) is 43.4 Å². The molecule has 0 amide bonds. The Hall–Kier alpha value is -1.64. The van der Waals surface area contributed by atoms with Crippen molar-refractivity contribution in [2.45, 2.75) is 32.1 Å². The van der Waals surface area contributed by atoms with Crippen LogP contribution in [0.2, 0.25) is 0 Å². The minimum absolute atomic E-state index is 0.100. The van der Waals surface area contributed by atoms with Gasteiger partial charge in [-0.15, -0.1) is 0 Å². The Kier molecular flexibility index (Phi) is 6.00. The van der Waals surface area contributed by atoms with E-state index in [0.29, 0.717) is 25.9 Å². The molecule has 3 heteroatoms. The van der Waals surface area contributed by atoms with E-state index >= 15 is 0 Å². The number of hydrogen-bond acceptors (Lipinski definition) is 3. The van der Waals surface area contributed by atoms with Crippen LogP contribution in [0, 0.1) is 0 Å². The highest BCUT2D eigenvalue weighted by Crippen LogP contribution is 2.18. The van der Waals surface area contributed by atoms with Crippen molar-refractivity contribution in [1.82, 2.24) is 0 Å². The SMILES string of the molecule is CCC(=O)OCCCC(C=O)c1ccccc1. The molecule has 0 heterocycles. The predicted octanol–water partition coefficient (Wildman–Crippen LogP) is 2.70. The van der Waals surface area contributed by atoms with Gasteiger partial charge in [-0.3, -0.25) is 4.79 Å². The van der Waals surface area contributed by atoms with Crippen LogP contribution in [-0.4, -0.2) is 18.9 Å². The molecular formula is C14H18O3. The average Bonchev–Trinajstić information content (AvgIpc) is 2.39. The minimum Gasteiger partial charge on any atom is -0.466 e. The second-order valence-corrected chi connectivity index (χ2v) is 3.87. The molecule has 0 aliphatic rings. The van der Waals surface area contributed by atoms with E-state index in [9.17, 15) is 9.59 Å². The number of benzene rings is 1. The van der Waals surface area contributed by atoms with Gasteiger partial charge >= 0.3 is 5.97 Å². The molecule has 0 saturated heterocycles. The first-order valence-electron chi connectivity index (χ1n) is 5.93. The van der Waals surface area contributed by atoms with Crippen molar-refractivity contribution in [3.05, 3.63) is 35.9 Å². The number of aldehydes is 1. The van der Waals surface area contributed by atoms with Crippen LogP contribution in [0.15, 0.2) is 30.3 Å². The third kappa shape index (κ3) is 4.81. The van der Waals surface area contributed by atoms with E-state index in [2.05, 4.69) is 0 Å². The zero-order valence-electron chi connectivity index (χ0n) is 10.1. The van der Waals surface area contributed by atoms with Crippen molar-refractivity contribution in [3.8, 4) is 0 Å². The largest absolute Gasteiger partial charge is 0.466 e. The molecule has 0 bridgehead atoms. The molecule has 1 aromatic rings. The summed E-state index contributed by atoms with van der Waals surface area (Å²) in [7, 11) is 0. The number of carbonyl (C=O) groups excluding carboxylic acids is 2. The summed E-state index contributed by atoms with van der Waals surface area (Å²) in [5, 5.41) is 0. The van der Waals surface area contributed by atoms with Crippen LogP contribution in [0.4, 0.5) is 0 Å². The first-order valence-corrected chi connectivity index (χ1v) is 5.93. The lowest BCUT2D eigenvalue weighted by Gasteiger charge is -2.10. The molecule has 0 N–H and O–H groups in total. The third-order valence-electron chi connectivity index (χ3n) is 2.60. The fourth-order valence-corrected chi connectivity index (χ4v) is 1.60.